The Kier molecular flexibility index (Phi) is 5.85. The lowest BCUT2D eigenvalue weighted by molar-refractivity contribution is -0.137. The molecule has 7 heteroatoms. The molecule has 0 bridgehead atoms. The quantitative estimate of drug-likeness (QED) is 0.879. The van der Waals surface area contributed by atoms with Crippen LogP contribution in [0.3, 0.4) is 0 Å². The number of carbonyl (C=O) groups excluding carboxylic acids is 2. The third-order valence-electron chi connectivity index (χ3n) is 4.26. The molecule has 22 heavy (non-hydrogen) atoms. The minimum atomic E-state index is -0.0913. The summed E-state index contributed by atoms with van der Waals surface area (Å²) in [5, 5.41) is 3.28. The molecular formula is C15H22ClN3O3. The van der Waals surface area contributed by atoms with Crippen molar-refractivity contribution in [2.75, 3.05) is 39.3 Å². The summed E-state index contributed by atoms with van der Waals surface area (Å²) >= 11 is 0. The SMILES string of the molecule is Cl.O=C(c1ccco1)N1CCN(C(=O)C2CCCNC2)CC1. The zero-order valence-electron chi connectivity index (χ0n) is 12.5. The molecule has 0 saturated carbocycles. The zero-order valence-corrected chi connectivity index (χ0v) is 13.3. The van der Waals surface area contributed by atoms with Crippen molar-refractivity contribution in [3.05, 3.63) is 24.2 Å². The largest absolute Gasteiger partial charge is 0.459 e. The minimum Gasteiger partial charge on any atom is -0.459 e. The number of piperidine rings is 1. The topological polar surface area (TPSA) is 65.8 Å². The van der Waals surface area contributed by atoms with Crippen molar-refractivity contribution in [2.45, 2.75) is 12.8 Å². The summed E-state index contributed by atoms with van der Waals surface area (Å²) < 4.78 is 5.14. The summed E-state index contributed by atoms with van der Waals surface area (Å²) in [6, 6.07) is 3.39. The van der Waals surface area contributed by atoms with Crippen LogP contribution in [0.5, 0.6) is 0 Å². The third kappa shape index (κ3) is 3.62. The second-order valence-electron chi connectivity index (χ2n) is 5.64. The van der Waals surface area contributed by atoms with Crippen molar-refractivity contribution in [2.24, 2.45) is 5.92 Å². The Balaban J connectivity index is 0.00000176. The van der Waals surface area contributed by atoms with Crippen molar-refractivity contribution >= 4 is 24.2 Å². The van der Waals surface area contributed by atoms with E-state index in [1.807, 2.05) is 4.90 Å². The molecule has 1 aromatic rings. The first-order valence-electron chi connectivity index (χ1n) is 7.58. The maximum absolute atomic E-state index is 12.4. The maximum atomic E-state index is 12.4. The van der Waals surface area contributed by atoms with Gasteiger partial charge in [0, 0.05) is 32.7 Å². The number of rotatable bonds is 2. The molecule has 2 saturated heterocycles. The van der Waals surface area contributed by atoms with Gasteiger partial charge in [0.05, 0.1) is 12.2 Å². The molecule has 1 aromatic heterocycles. The van der Waals surface area contributed by atoms with E-state index in [4.69, 9.17) is 4.42 Å². The van der Waals surface area contributed by atoms with Crippen LogP contribution in [0.25, 0.3) is 0 Å². The molecular weight excluding hydrogens is 306 g/mol. The van der Waals surface area contributed by atoms with Crippen LogP contribution in [0.2, 0.25) is 0 Å². The fourth-order valence-corrected chi connectivity index (χ4v) is 3.01. The number of hydrogen-bond donors (Lipinski definition) is 1. The summed E-state index contributed by atoms with van der Waals surface area (Å²) in [4.78, 5) is 28.2. The van der Waals surface area contributed by atoms with Gasteiger partial charge in [0.15, 0.2) is 5.76 Å². The second-order valence-corrected chi connectivity index (χ2v) is 5.64. The lowest BCUT2D eigenvalue weighted by atomic mass is 9.98. The molecule has 2 fully saturated rings. The molecule has 3 heterocycles. The molecule has 122 valence electrons. The van der Waals surface area contributed by atoms with Crippen molar-refractivity contribution in [1.82, 2.24) is 15.1 Å². The molecule has 3 rings (SSSR count). The Bertz CT molecular complexity index is 492. The molecule has 0 aliphatic carbocycles. The molecule has 0 spiro atoms. The van der Waals surface area contributed by atoms with Gasteiger partial charge in [-0.15, -0.1) is 12.4 Å². The summed E-state index contributed by atoms with van der Waals surface area (Å²) in [7, 11) is 0. The van der Waals surface area contributed by atoms with Crippen LogP contribution in [0.15, 0.2) is 22.8 Å². The number of carbonyl (C=O) groups is 2. The Morgan fingerprint density at radius 3 is 2.50 bits per heavy atom. The maximum Gasteiger partial charge on any atom is 0.289 e. The first kappa shape index (κ1) is 16.8. The summed E-state index contributed by atoms with van der Waals surface area (Å²) in [5.41, 5.74) is 0. The predicted molar refractivity (Wildman–Crippen MR) is 84.0 cm³/mol. The van der Waals surface area contributed by atoms with Crippen LogP contribution >= 0.6 is 12.4 Å². The smallest absolute Gasteiger partial charge is 0.289 e. The molecule has 2 aliphatic heterocycles. The third-order valence-corrected chi connectivity index (χ3v) is 4.26. The van der Waals surface area contributed by atoms with Crippen LogP contribution in [-0.4, -0.2) is 60.9 Å². The Morgan fingerprint density at radius 2 is 1.91 bits per heavy atom. The minimum absolute atomic E-state index is 0. The highest BCUT2D eigenvalue weighted by atomic mass is 35.5. The highest BCUT2D eigenvalue weighted by molar-refractivity contribution is 5.91. The van der Waals surface area contributed by atoms with E-state index >= 15 is 0 Å². The normalized spacial score (nSPS) is 22.1. The summed E-state index contributed by atoms with van der Waals surface area (Å²) in [6.07, 6.45) is 3.54. The fraction of sp³-hybridized carbons (Fsp3) is 0.600. The first-order valence-corrected chi connectivity index (χ1v) is 7.58. The number of nitrogens with zero attached hydrogens (tertiary/aromatic N) is 2. The number of halogens is 1. The van der Waals surface area contributed by atoms with Crippen molar-refractivity contribution in [1.29, 1.82) is 0 Å². The van der Waals surface area contributed by atoms with Gasteiger partial charge in [-0.2, -0.15) is 0 Å². The second kappa shape index (κ2) is 7.65. The molecule has 2 aliphatic rings. The monoisotopic (exact) mass is 327 g/mol. The standard InChI is InChI=1S/C15H21N3O3.ClH/c19-14(12-3-1-5-16-11-12)17-6-8-18(9-7-17)15(20)13-4-2-10-21-13;/h2,4,10,12,16H,1,3,5-9,11H2;1H. The molecule has 1 atom stereocenters. The van der Waals surface area contributed by atoms with E-state index in [2.05, 4.69) is 5.32 Å². The lowest BCUT2D eigenvalue weighted by Gasteiger charge is -2.36. The van der Waals surface area contributed by atoms with Crippen LogP contribution in [0.4, 0.5) is 0 Å². The highest BCUT2D eigenvalue weighted by Crippen LogP contribution is 2.16. The van der Waals surface area contributed by atoms with Gasteiger partial charge in [0.2, 0.25) is 5.91 Å². The molecule has 0 radical (unpaired) electrons. The van der Waals surface area contributed by atoms with Crippen LogP contribution in [0, 0.1) is 5.92 Å². The van der Waals surface area contributed by atoms with E-state index in [-0.39, 0.29) is 30.1 Å². The Morgan fingerprint density at radius 1 is 1.18 bits per heavy atom. The number of amides is 2. The number of hydrogen-bond acceptors (Lipinski definition) is 4. The van der Waals surface area contributed by atoms with Crippen LogP contribution in [-0.2, 0) is 4.79 Å². The van der Waals surface area contributed by atoms with E-state index in [1.54, 1.807) is 17.0 Å². The molecule has 0 aromatic carbocycles. The van der Waals surface area contributed by atoms with Gasteiger partial charge < -0.3 is 19.5 Å². The first-order chi connectivity index (χ1) is 10.3. The van der Waals surface area contributed by atoms with Crippen molar-refractivity contribution < 1.29 is 14.0 Å². The number of furan rings is 1. The molecule has 1 N–H and O–H groups in total. The van der Waals surface area contributed by atoms with E-state index < -0.39 is 0 Å². The number of piperazine rings is 1. The van der Waals surface area contributed by atoms with E-state index in [0.29, 0.717) is 31.9 Å². The lowest BCUT2D eigenvalue weighted by Crippen LogP contribution is -2.53. The van der Waals surface area contributed by atoms with Gasteiger partial charge in [0.1, 0.15) is 0 Å². The van der Waals surface area contributed by atoms with Crippen molar-refractivity contribution in [3.63, 3.8) is 0 Å². The highest BCUT2D eigenvalue weighted by Gasteiger charge is 2.30. The van der Waals surface area contributed by atoms with E-state index in [0.717, 1.165) is 25.9 Å². The predicted octanol–water partition coefficient (Wildman–Crippen LogP) is 0.985. The van der Waals surface area contributed by atoms with Crippen LogP contribution in [0.1, 0.15) is 23.4 Å². The van der Waals surface area contributed by atoms with Crippen LogP contribution < -0.4 is 5.32 Å². The fourth-order valence-electron chi connectivity index (χ4n) is 3.01. The van der Waals surface area contributed by atoms with Gasteiger partial charge in [0.25, 0.3) is 5.91 Å². The van der Waals surface area contributed by atoms with Crippen molar-refractivity contribution in [3.8, 4) is 0 Å². The van der Waals surface area contributed by atoms with Gasteiger partial charge >= 0.3 is 0 Å². The summed E-state index contributed by atoms with van der Waals surface area (Å²) in [5.74, 6) is 0.607. The van der Waals surface area contributed by atoms with E-state index in [9.17, 15) is 9.59 Å². The average molecular weight is 328 g/mol. The van der Waals surface area contributed by atoms with Gasteiger partial charge in [-0.3, -0.25) is 9.59 Å². The number of nitrogens with one attached hydrogen (secondary N) is 1. The Hall–Kier alpha value is -1.53. The molecule has 2 amide bonds. The van der Waals surface area contributed by atoms with Gasteiger partial charge in [-0.25, -0.2) is 0 Å². The molecule has 1 unspecified atom stereocenters. The Labute approximate surface area is 136 Å². The van der Waals surface area contributed by atoms with Gasteiger partial charge in [-0.05, 0) is 31.5 Å². The van der Waals surface area contributed by atoms with Gasteiger partial charge in [-0.1, -0.05) is 0 Å². The van der Waals surface area contributed by atoms with E-state index in [1.165, 1.54) is 6.26 Å². The average Bonchev–Trinajstić information content (AvgIpc) is 3.09. The summed E-state index contributed by atoms with van der Waals surface area (Å²) in [6.45, 7) is 4.17. The zero-order chi connectivity index (χ0) is 14.7. The molecule has 6 nitrogen and oxygen atoms in total.